The van der Waals surface area contributed by atoms with Crippen molar-refractivity contribution >= 4 is 176 Å². The zero-order valence-electron chi connectivity index (χ0n) is 83.3. The van der Waals surface area contributed by atoms with Crippen LogP contribution in [0.3, 0.4) is 0 Å². The molecule has 47 heteroatoms. The smallest absolute Gasteiger partial charge is 0.326 e. The molecule has 0 aliphatic carbocycles. The fraction of sp³-hybridized carbons (Fsp3) is 0.500. The third-order valence-electron chi connectivity index (χ3n) is 25.2. The summed E-state index contributed by atoms with van der Waals surface area (Å²) in [5.74, 6) is -23.6. The van der Waals surface area contributed by atoms with Crippen molar-refractivity contribution in [1.29, 1.82) is 0 Å². The Kier molecular flexibility index (Phi) is 46.0. The topological polar surface area (TPSA) is 725 Å². The van der Waals surface area contributed by atoms with Crippen LogP contribution in [0.2, 0.25) is 0 Å². The number of aromatic nitrogens is 3. The largest absolute Gasteiger partial charge is 0.481 e. The number of carboxylic acid groups (broad SMARTS) is 3. The predicted octanol–water partition coefficient (Wildman–Crippen LogP) is -0.145. The van der Waals surface area contributed by atoms with Gasteiger partial charge in [0.2, 0.25) is 100 Å². The average molecular weight is 2080 g/mol. The Balaban J connectivity index is 1.02. The van der Waals surface area contributed by atoms with Crippen molar-refractivity contribution in [1.82, 2.24) is 94.3 Å². The number of rotatable bonds is 61. The number of carbonyl (C=O) groups excluding carboxylic acids is 17. The molecule has 45 nitrogen and oxygen atoms in total. The van der Waals surface area contributed by atoms with Gasteiger partial charge in [0.1, 0.15) is 90.6 Å². The summed E-state index contributed by atoms with van der Waals surface area (Å²) in [5, 5.41) is 67.7. The molecule has 0 radical (unpaired) electrons. The lowest BCUT2D eigenvalue weighted by atomic mass is 9.96. The molecule has 1 aliphatic heterocycles. The van der Waals surface area contributed by atoms with Gasteiger partial charge in [0.05, 0.1) is 18.9 Å². The molecule has 0 spiro atoms. The van der Waals surface area contributed by atoms with Crippen LogP contribution in [0.15, 0.2) is 122 Å². The van der Waals surface area contributed by atoms with Gasteiger partial charge in [-0.3, -0.25) is 91.1 Å². The first-order valence-corrected chi connectivity index (χ1v) is 50.2. The molecule has 1 fully saturated rings. The van der Waals surface area contributed by atoms with Crippen LogP contribution in [0.1, 0.15) is 168 Å². The van der Waals surface area contributed by atoms with E-state index in [-0.39, 0.29) is 95.6 Å². The molecule has 3 aromatic heterocycles. The Morgan fingerprint density at radius 2 is 0.776 bits per heavy atom. The lowest BCUT2D eigenvalue weighted by Crippen LogP contribution is -2.62. The van der Waals surface area contributed by atoms with E-state index >= 15 is 33.6 Å². The minimum Gasteiger partial charge on any atom is -0.481 e. The average Bonchev–Trinajstić information content (AvgIpc) is 1.70. The summed E-state index contributed by atoms with van der Waals surface area (Å²) < 4.78 is 0. The number of hydrogen-bond donors (Lipinski definition) is 26. The number of aromatic amines is 3. The van der Waals surface area contributed by atoms with Crippen LogP contribution in [0, 0.1) is 23.7 Å². The molecule has 28 N–H and O–H groups in total. The SMILES string of the molecule is CC[C@H](C)[C@H](NC(=O)[C@H](Cc1c[nH]c2ccccc12)NC(=O)[C@H](CCC(N)=O)NC(=O)[C@@H]1CCCN1C(=O)[C@H](CCCCN)NC(=O)[C@@H](Cc1ccccc1)NC(=O)[C@H](Cc1c[nH]c2ccccc12)NC(=O)[C@H](CCC(=O)O)NC(=O)[C@H](CS)NC(=O)[C@@H](NC(=O)[C@H](Cc1c[nH]c2ccccc12)NC(=O)[C@@H](N)CC(=O)O)C(C)C)C(=O)N[C@@H](CS)C(=O)N[C@@H](CC(N)=O)C(=O)N[C@@H](CC(C)C)C(=O)N[C@@H](CC(C)C)C(=O)O. The highest BCUT2D eigenvalue weighted by atomic mass is 32.1. The summed E-state index contributed by atoms with van der Waals surface area (Å²) in [6, 6.07) is 4.30. The molecule has 0 bridgehead atoms. The summed E-state index contributed by atoms with van der Waals surface area (Å²) in [6.07, 6.45) is 0.551. The fourth-order valence-electron chi connectivity index (χ4n) is 17.1. The van der Waals surface area contributed by atoms with Gasteiger partial charge in [-0.25, -0.2) is 4.79 Å². The number of primary amides is 2. The Morgan fingerprint density at radius 3 is 1.22 bits per heavy atom. The number of benzene rings is 4. The molecule has 4 aromatic carbocycles. The maximum absolute atomic E-state index is 15.5. The van der Waals surface area contributed by atoms with E-state index in [1.807, 2.05) is 0 Å². The number of nitrogens with zero attached hydrogens (tertiary/aromatic N) is 1. The number of nitrogens with two attached hydrogens (primary N) is 4. The Hall–Kier alpha value is -14.5. The van der Waals surface area contributed by atoms with Crippen molar-refractivity contribution in [2.24, 2.45) is 46.6 Å². The first-order valence-electron chi connectivity index (χ1n) is 49.0. The van der Waals surface area contributed by atoms with Crippen LogP contribution >= 0.6 is 25.3 Å². The highest BCUT2D eigenvalue weighted by molar-refractivity contribution is 7.80. The molecule has 8 rings (SSSR count). The maximum Gasteiger partial charge on any atom is 0.326 e. The Labute approximate surface area is 860 Å². The number of likely N-dealkylation sites (tertiary alicyclic amines) is 1. The van der Waals surface area contributed by atoms with Crippen molar-refractivity contribution in [3.63, 3.8) is 0 Å². The van der Waals surface area contributed by atoms with Crippen LogP contribution in [-0.2, 0) is 122 Å². The zero-order chi connectivity index (χ0) is 108. The van der Waals surface area contributed by atoms with E-state index in [1.54, 1.807) is 177 Å². The molecule has 798 valence electrons. The van der Waals surface area contributed by atoms with Crippen LogP contribution in [0.25, 0.3) is 32.7 Å². The molecular formula is C100H138N22O23S2. The lowest BCUT2D eigenvalue weighted by Gasteiger charge is -2.31. The molecule has 7 aromatic rings. The second kappa shape index (κ2) is 57.4. The number of fused-ring (bicyclic) bond motifs is 3. The lowest BCUT2D eigenvalue weighted by molar-refractivity contribution is -0.143. The van der Waals surface area contributed by atoms with Gasteiger partial charge in [-0.2, -0.15) is 25.3 Å². The molecular weight excluding hydrogens is 1940 g/mol. The molecule has 17 amide bonds. The predicted molar refractivity (Wildman–Crippen MR) is 549 cm³/mol. The second-order valence-electron chi connectivity index (χ2n) is 38.0. The number of aliphatic carboxylic acids is 3. The third kappa shape index (κ3) is 35.7. The van der Waals surface area contributed by atoms with Crippen molar-refractivity contribution in [2.75, 3.05) is 24.6 Å². The number of nitrogens with one attached hydrogen (secondary N) is 17. The number of para-hydroxylation sites is 3. The van der Waals surface area contributed by atoms with Gasteiger partial charge in [0.25, 0.3) is 0 Å². The maximum atomic E-state index is 15.5. The van der Waals surface area contributed by atoms with Crippen molar-refractivity contribution in [2.45, 2.75) is 268 Å². The third-order valence-corrected chi connectivity index (χ3v) is 25.9. The van der Waals surface area contributed by atoms with E-state index in [1.165, 1.54) is 4.90 Å². The van der Waals surface area contributed by atoms with Crippen molar-refractivity contribution in [3.05, 3.63) is 144 Å². The van der Waals surface area contributed by atoms with Crippen molar-refractivity contribution in [3.8, 4) is 0 Å². The number of carbonyl (C=O) groups is 20. The molecule has 1 aliphatic rings. The minimum atomic E-state index is -1.80. The van der Waals surface area contributed by atoms with Crippen molar-refractivity contribution < 1.29 is 111 Å². The van der Waals surface area contributed by atoms with E-state index in [2.05, 4.69) is 115 Å². The highest BCUT2D eigenvalue weighted by Crippen LogP contribution is 2.27. The molecule has 17 atom stereocenters. The van der Waals surface area contributed by atoms with Crippen LogP contribution in [0.5, 0.6) is 0 Å². The Morgan fingerprint density at radius 1 is 0.395 bits per heavy atom. The van der Waals surface area contributed by atoms with Gasteiger partial charge in [-0.15, -0.1) is 0 Å². The number of carboxylic acids is 3. The van der Waals surface area contributed by atoms with Gasteiger partial charge in [-0.1, -0.05) is 147 Å². The molecule has 1 saturated heterocycles. The monoisotopic (exact) mass is 2080 g/mol. The van der Waals surface area contributed by atoms with Gasteiger partial charge < -0.3 is 133 Å². The van der Waals surface area contributed by atoms with Gasteiger partial charge in [-0.05, 0) is 128 Å². The highest BCUT2D eigenvalue weighted by Gasteiger charge is 2.44. The zero-order valence-corrected chi connectivity index (χ0v) is 85.1. The molecule has 4 heterocycles. The molecule has 0 unspecified atom stereocenters. The van der Waals surface area contributed by atoms with E-state index in [9.17, 15) is 77.6 Å². The van der Waals surface area contributed by atoms with E-state index in [4.69, 9.17) is 22.9 Å². The summed E-state index contributed by atoms with van der Waals surface area (Å²) in [6.45, 7) is 13.4. The fourth-order valence-corrected chi connectivity index (χ4v) is 17.6. The quantitative estimate of drug-likeness (QED) is 0.0174. The first kappa shape index (κ1) is 118. The standard InChI is InChI=1S/C100H138N22O23S2/c1-9-54(8)84(98(142)119-77(50-147)95(139)116-74(45-80(104)124)91(135)112-69(38-51(2)3)88(132)117-75(100(144)145)39-52(4)5)121-93(137)73(43-58-48-107-65-29-18-15-26-61(58)65)115-86(130)66(32-34-79(103)123)109-96(140)78-31-21-37-122(78)99(143)68(30-19-20-36-101)110-89(133)70(40-55-22-11-10-12-23-55)113-90(134)71(41-56-46-105-63-27-16-13-24-59(56)63)114-87(131)67(33-35-81(125)126)108-94(138)76(49-146)118-97(141)83(53(6)7)120-92(136)72(111-85(129)62(102)44-82(127)128)42-57-47-106-64-28-17-14-25-60(57)64/h10-18,22-29,46-48,51-54,62,66-78,83-84,105-107,146-147H,9,19-21,30-45,49-50,101-102H2,1-8H3,(H2,103,123)(H2,104,124)(H,108,138)(H,109,140)(H,110,133)(H,111,129)(H,112,135)(H,113,134)(H,114,131)(H,115,130)(H,116,139)(H,117,132)(H,118,141)(H,119,142)(H,120,136)(H,121,137)(H,125,126)(H,127,128)(H,144,145)/t54-,62-,66-,67-,68-,69-,70+,71-,72-,73-,74-,75-,76-,77-,78-,83-,84-/m0/s1. The van der Waals surface area contributed by atoms with Gasteiger partial charge in [0.15, 0.2) is 0 Å². The van der Waals surface area contributed by atoms with Crippen LogP contribution in [0.4, 0.5) is 0 Å². The minimum absolute atomic E-state index is 0.0110. The summed E-state index contributed by atoms with van der Waals surface area (Å²) in [4.78, 5) is 293. The number of hydrogen-bond acceptors (Lipinski definition) is 24. The Bertz CT molecular complexity index is 5820. The summed E-state index contributed by atoms with van der Waals surface area (Å²) >= 11 is 8.68. The first-order chi connectivity index (χ1) is 69.8. The number of amides is 17. The van der Waals surface area contributed by atoms with E-state index in [0.717, 1.165) is 0 Å². The van der Waals surface area contributed by atoms with Gasteiger partial charge in [0, 0.05) is 108 Å². The summed E-state index contributed by atoms with van der Waals surface area (Å²) in [7, 11) is 0. The number of unbranched alkanes of at least 4 members (excludes halogenated alkanes) is 1. The second-order valence-corrected chi connectivity index (χ2v) is 38.7. The van der Waals surface area contributed by atoms with Crippen LogP contribution < -0.4 is 97.4 Å². The van der Waals surface area contributed by atoms with Crippen LogP contribution in [-0.4, -0.2) is 275 Å². The van der Waals surface area contributed by atoms with E-state index < -0.39 is 277 Å². The summed E-state index contributed by atoms with van der Waals surface area (Å²) in [5.41, 5.74) is 27.1. The van der Waals surface area contributed by atoms with Gasteiger partial charge >= 0.3 is 17.9 Å². The van der Waals surface area contributed by atoms with E-state index in [0.29, 0.717) is 61.4 Å². The molecule has 147 heavy (non-hydrogen) atoms. The molecule has 0 saturated carbocycles. The number of thiol groups is 2. The number of H-pyrrole nitrogens is 3. The normalized spacial score (nSPS) is 15.7.